The molecule has 16 heavy (non-hydrogen) atoms. The van der Waals surface area contributed by atoms with Crippen molar-refractivity contribution in [3.8, 4) is 0 Å². The number of aliphatic hydroxyl groups excluding tert-OH is 1. The van der Waals surface area contributed by atoms with Gasteiger partial charge in [0.2, 0.25) is 0 Å². The number of hydrogen-bond donors (Lipinski definition) is 1. The van der Waals surface area contributed by atoms with Crippen molar-refractivity contribution >= 4 is 17.4 Å². The minimum Gasteiger partial charge on any atom is -0.395 e. The quantitative estimate of drug-likeness (QED) is 0.824. The average molecular weight is 244 g/mol. The lowest BCUT2D eigenvalue weighted by Gasteiger charge is -2.21. The Morgan fingerprint density at radius 1 is 1.38 bits per heavy atom. The van der Waals surface area contributed by atoms with Crippen LogP contribution in [0, 0.1) is 0 Å². The van der Waals surface area contributed by atoms with Crippen LogP contribution >= 0.6 is 11.6 Å². The first-order chi connectivity index (χ1) is 7.34. The summed E-state index contributed by atoms with van der Waals surface area (Å²) in [5, 5.41) is 9.31. The molecule has 4 nitrogen and oxygen atoms in total. The van der Waals surface area contributed by atoms with Gasteiger partial charge in [-0.2, -0.15) is 0 Å². The van der Waals surface area contributed by atoms with Gasteiger partial charge in [-0.25, -0.2) is 9.97 Å². The maximum atomic E-state index is 8.88. The lowest BCUT2D eigenvalue weighted by atomic mass is 9.96. The Bertz CT molecular complexity index is 363. The zero-order chi connectivity index (χ0) is 12.3. The molecule has 1 N–H and O–H groups in total. The fraction of sp³-hybridized carbons (Fsp3) is 0.636. The molecule has 0 unspecified atom stereocenters. The highest BCUT2D eigenvalue weighted by Crippen LogP contribution is 2.23. The normalized spacial score (nSPS) is 11.6. The standard InChI is InChI=1S/C11H18ClN3O/c1-11(2,3)10-13-8(12)7-9(14-10)15(4)5-6-16/h7,16H,5-6H2,1-4H3. The highest BCUT2D eigenvalue weighted by atomic mass is 35.5. The maximum absolute atomic E-state index is 8.88. The number of nitrogens with zero attached hydrogens (tertiary/aromatic N) is 3. The van der Waals surface area contributed by atoms with E-state index in [1.807, 2.05) is 32.7 Å². The second kappa shape index (κ2) is 4.97. The molecular formula is C11H18ClN3O. The molecule has 0 aromatic carbocycles. The number of anilines is 1. The third-order valence-corrected chi connectivity index (χ3v) is 2.37. The zero-order valence-corrected chi connectivity index (χ0v) is 10.9. The Labute approximate surface area is 101 Å². The molecule has 0 radical (unpaired) electrons. The fourth-order valence-electron chi connectivity index (χ4n) is 1.20. The summed E-state index contributed by atoms with van der Waals surface area (Å²) in [6.07, 6.45) is 0. The monoisotopic (exact) mass is 243 g/mol. The van der Waals surface area contributed by atoms with Gasteiger partial charge in [0, 0.05) is 25.1 Å². The summed E-state index contributed by atoms with van der Waals surface area (Å²) in [7, 11) is 1.86. The number of halogens is 1. The van der Waals surface area contributed by atoms with Crippen molar-refractivity contribution in [3.63, 3.8) is 0 Å². The van der Waals surface area contributed by atoms with Gasteiger partial charge < -0.3 is 10.0 Å². The number of likely N-dealkylation sites (N-methyl/N-ethyl adjacent to an activating group) is 1. The summed E-state index contributed by atoms with van der Waals surface area (Å²) in [6.45, 7) is 6.72. The predicted octanol–water partition coefficient (Wildman–Crippen LogP) is 1.86. The van der Waals surface area contributed by atoms with Gasteiger partial charge in [0.15, 0.2) is 0 Å². The van der Waals surface area contributed by atoms with E-state index in [9.17, 15) is 0 Å². The molecule has 0 aliphatic heterocycles. The van der Waals surface area contributed by atoms with Crippen molar-refractivity contribution in [2.45, 2.75) is 26.2 Å². The lowest BCUT2D eigenvalue weighted by Crippen LogP contribution is -2.24. The van der Waals surface area contributed by atoms with Crippen LogP contribution in [-0.2, 0) is 5.41 Å². The van der Waals surface area contributed by atoms with Crippen LogP contribution in [0.15, 0.2) is 6.07 Å². The van der Waals surface area contributed by atoms with E-state index in [0.717, 1.165) is 5.82 Å². The number of aliphatic hydroxyl groups is 1. The highest BCUT2D eigenvalue weighted by molar-refractivity contribution is 6.29. The van der Waals surface area contributed by atoms with Crippen LogP contribution in [0.1, 0.15) is 26.6 Å². The van der Waals surface area contributed by atoms with Crippen LogP contribution in [0.4, 0.5) is 5.82 Å². The van der Waals surface area contributed by atoms with Crippen molar-refractivity contribution in [2.24, 2.45) is 0 Å². The smallest absolute Gasteiger partial charge is 0.137 e. The Hall–Kier alpha value is -0.870. The molecule has 0 aliphatic carbocycles. The van der Waals surface area contributed by atoms with Crippen LogP contribution in [0.3, 0.4) is 0 Å². The summed E-state index contributed by atoms with van der Waals surface area (Å²) in [5.41, 5.74) is -0.139. The molecular weight excluding hydrogens is 226 g/mol. The van der Waals surface area contributed by atoms with E-state index in [0.29, 0.717) is 17.5 Å². The molecule has 0 saturated heterocycles. The second-order valence-corrected chi connectivity index (χ2v) is 5.15. The molecule has 5 heteroatoms. The molecule has 1 heterocycles. The molecule has 90 valence electrons. The Morgan fingerprint density at radius 2 is 2.00 bits per heavy atom. The second-order valence-electron chi connectivity index (χ2n) is 4.77. The number of hydrogen-bond acceptors (Lipinski definition) is 4. The van der Waals surface area contributed by atoms with Gasteiger partial charge in [0.25, 0.3) is 0 Å². The van der Waals surface area contributed by atoms with Crippen LogP contribution < -0.4 is 4.90 Å². The van der Waals surface area contributed by atoms with E-state index in [1.165, 1.54) is 0 Å². The van der Waals surface area contributed by atoms with Crippen LogP contribution in [0.25, 0.3) is 0 Å². The van der Waals surface area contributed by atoms with Gasteiger partial charge in [-0.1, -0.05) is 32.4 Å². The van der Waals surface area contributed by atoms with Crippen LogP contribution in [0.5, 0.6) is 0 Å². The van der Waals surface area contributed by atoms with Crippen molar-refractivity contribution < 1.29 is 5.11 Å². The molecule has 1 aromatic rings. The maximum Gasteiger partial charge on any atom is 0.137 e. The summed E-state index contributed by atoms with van der Waals surface area (Å²) in [4.78, 5) is 10.5. The molecule has 0 atom stereocenters. The van der Waals surface area contributed by atoms with E-state index in [1.54, 1.807) is 6.07 Å². The number of aromatic nitrogens is 2. The van der Waals surface area contributed by atoms with Crippen LogP contribution in [-0.4, -0.2) is 35.3 Å². The molecule has 1 aromatic heterocycles. The Kier molecular flexibility index (Phi) is 4.10. The van der Waals surface area contributed by atoms with E-state index >= 15 is 0 Å². The van der Waals surface area contributed by atoms with E-state index in [2.05, 4.69) is 9.97 Å². The molecule has 0 saturated carbocycles. The van der Waals surface area contributed by atoms with Crippen molar-refractivity contribution in [2.75, 3.05) is 25.1 Å². The van der Waals surface area contributed by atoms with E-state index in [4.69, 9.17) is 16.7 Å². The summed E-state index contributed by atoms with van der Waals surface area (Å²) in [6, 6.07) is 1.70. The van der Waals surface area contributed by atoms with E-state index in [-0.39, 0.29) is 12.0 Å². The van der Waals surface area contributed by atoms with Crippen molar-refractivity contribution in [1.82, 2.24) is 9.97 Å². The average Bonchev–Trinajstić information content (AvgIpc) is 2.16. The third-order valence-electron chi connectivity index (χ3n) is 2.18. The Balaban J connectivity index is 3.08. The number of rotatable bonds is 3. The van der Waals surface area contributed by atoms with Gasteiger partial charge in [0.1, 0.15) is 16.8 Å². The van der Waals surface area contributed by atoms with Gasteiger partial charge in [0.05, 0.1) is 6.61 Å². The van der Waals surface area contributed by atoms with Gasteiger partial charge in [-0.15, -0.1) is 0 Å². The molecule has 0 aliphatic rings. The van der Waals surface area contributed by atoms with Gasteiger partial charge in [-0.05, 0) is 0 Å². The highest BCUT2D eigenvalue weighted by Gasteiger charge is 2.19. The first kappa shape index (κ1) is 13.2. The zero-order valence-electron chi connectivity index (χ0n) is 10.2. The summed E-state index contributed by atoms with van der Waals surface area (Å²) >= 11 is 5.96. The predicted molar refractivity (Wildman–Crippen MR) is 66.1 cm³/mol. The topological polar surface area (TPSA) is 49.2 Å². The van der Waals surface area contributed by atoms with Crippen molar-refractivity contribution in [3.05, 3.63) is 17.0 Å². The summed E-state index contributed by atoms with van der Waals surface area (Å²) in [5.74, 6) is 1.44. The van der Waals surface area contributed by atoms with Crippen LogP contribution in [0.2, 0.25) is 5.15 Å². The van der Waals surface area contributed by atoms with Gasteiger partial charge >= 0.3 is 0 Å². The third kappa shape index (κ3) is 3.32. The first-order valence-corrected chi connectivity index (χ1v) is 5.59. The summed E-state index contributed by atoms with van der Waals surface area (Å²) < 4.78 is 0. The molecule has 1 rings (SSSR count). The van der Waals surface area contributed by atoms with E-state index < -0.39 is 0 Å². The molecule has 0 fully saturated rings. The Morgan fingerprint density at radius 3 is 2.50 bits per heavy atom. The molecule has 0 spiro atoms. The minimum atomic E-state index is -0.139. The van der Waals surface area contributed by atoms with Gasteiger partial charge in [-0.3, -0.25) is 0 Å². The SMILES string of the molecule is CN(CCO)c1cc(Cl)nc(C(C)(C)C)n1. The van der Waals surface area contributed by atoms with Crippen molar-refractivity contribution in [1.29, 1.82) is 0 Å². The molecule has 0 bridgehead atoms. The molecule has 0 amide bonds. The largest absolute Gasteiger partial charge is 0.395 e. The first-order valence-electron chi connectivity index (χ1n) is 5.21. The minimum absolute atomic E-state index is 0.0863. The lowest BCUT2D eigenvalue weighted by molar-refractivity contribution is 0.303. The fourth-order valence-corrected chi connectivity index (χ4v) is 1.38.